The van der Waals surface area contributed by atoms with Gasteiger partial charge in [0, 0.05) is 17.4 Å². The lowest BCUT2D eigenvalue weighted by Crippen LogP contribution is -2.44. The highest BCUT2D eigenvalue weighted by molar-refractivity contribution is 7.99. The highest BCUT2D eigenvalue weighted by atomic mass is 32.2. The molecule has 0 unspecified atom stereocenters. The number of nitrogens with zero attached hydrogens (tertiary/aromatic N) is 1. The Balaban J connectivity index is 1.51. The fourth-order valence-electron chi connectivity index (χ4n) is 3.74. The maximum atomic E-state index is 12.3. The summed E-state index contributed by atoms with van der Waals surface area (Å²) < 4.78 is 5.84. The van der Waals surface area contributed by atoms with Crippen LogP contribution in [0.1, 0.15) is 50.1 Å². The molecular formula is C22H30N2O2S. The highest BCUT2D eigenvalue weighted by Gasteiger charge is 2.28. The molecule has 1 amide bonds. The molecule has 0 radical (unpaired) electrons. The number of oxazole rings is 1. The van der Waals surface area contributed by atoms with Gasteiger partial charge in [0.1, 0.15) is 5.76 Å². The van der Waals surface area contributed by atoms with Crippen molar-refractivity contribution in [2.24, 2.45) is 11.8 Å². The molecular weight excluding hydrogens is 356 g/mol. The molecule has 2 aromatic rings. The lowest BCUT2D eigenvalue weighted by molar-refractivity contribution is -0.119. The standard InChI is InChI=1S/C22H30N2O2S/c1-14-7-5-9-18(11-14)22-24-20(17(4)26-22)12-27-13-21(25)23-19-10-6-8-15(2)16(19)3/h5,7,9,11,15-16,19H,6,8,10,12-13H2,1-4H3,(H,23,25)/t15-,16+,19-/m1/s1. The summed E-state index contributed by atoms with van der Waals surface area (Å²) in [6.45, 7) is 8.54. The van der Waals surface area contributed by atoms with Crippen molar-refractivity contribution >= 4 is 17.7 Å². The summed E-state index contributed by atoms with van der Waals surface area (Å²) >= 11 is 1.60. The third kappa shape index (κ3) is 5.16. The monoisotopic (exact) mass is 386 g/mol. The summed E-state index contributed by atoms with van der Waals surface area (Å²) in [5.41, 5.74) is 3.10. The van der Waals surface area contributed by atoms with Crippen LogP contribution in [0.5, 0.6) is 0 Å². The molecule has 27 heavy (non-hydrogen) atoms. The zero-order chi connectivity index (χ0) is 19.4. The van der Waals surface area contributed by atoms with Crippen LogP contribution in [0.3, 0.4) is 0 Å². The first kappa shape index (κ1) is 20.0. The molecule has 1 aromatic heterocycles. The summed E-state index contributed by atoms with van der Waals surface area (Å²) in [7, 11) is 0. The minimum atomic E-state index is 0.131. The minimum Gasteiger partial charge on any atom is -0.441 e. The molecule has 4 nitrogen and oxygen atoms in total. The SMILES string of the molecule is Cc1cccc(-c2nc(CSCC(=O)N[C@@H]3CCC[C@@H](C)[C@@H]3C)c(C)o2)c1. The zero-order valence-corrected chi connectivity index (χ0v) is 17.6. The van der Waals surface area contributed by atoms with Crippen molar-refractivity contribution < 1.29 is 9.21 Å². The van der Waals surface area contributed by atoms with Crippen molar-refractivity contribution in [1.82, 2.24) is 10.3 Å². The van der Waals surface area contributed by atoms with Gasteiger partial charge in [-0.15, -0.1) is 11.8 Å². The van der Waals surface area contributed by atoms with Crippen molar-refractivity contribution in [3.63, 3.8) is 0 Å². The van der Waals surface area contributed by atoms with Crippen LogP contribution in [0.2, 0.25) is 0 Å². The number of amides is 1. The summed E-state index contributed by atoms with van der Waals surface area (Å²) in [6, 6.07) is 8.47. The minimum absolute atomic E-state index is 0.131. The summed E-state index contributed by atoms with van der Waals surface area (Å²) in [6.07, 6.45) is 3.59. The summed E-state index contributed by atoms with van der Waals surface area (Å²) in [5, 5.41) is 3.23. The van der Waals surface area contributed by atoms with Crippen LogP contribution in [0.25, 0.3) is 11.5 Å². The van der Waals surface area contributed by atoms with Crippen LogP contribution in [-0.4, -0.2) is 22.7 Å². The van der Waals surface area contributed by atoms with Gasteiger partial charge in [0.15, 0.2) is 0 Å². The van der Waals surface area contributed by atoms with Crippen LogP contribution in [0.15, 0.2) is 28.7 Å². The van der Waals surface area contributed by atoms with Gasteiger partial charge < -0.3 is 9.73 Å². The van der Waals surface area contributed by atoms with E-state index < -0.39 is 0 Å². The number of carbonyl (C=O) groups excluding carboxylic acids is 1. The first-order valence-corrected chi connectivity index (χ1v) is 11.0. The molecule has 1 aromatic carbocycles. The van der Waals surface area contributed by atoms with Crippen LogP contribution in [0.4, 0.5) is 0 Å². The molecule has 0 spiro atoms. The Labute approximate surface area is 166 Å². The quantitative estimate of drug-likeness (QED) is 0.747. The Morgan fingerprint density at radius 2 is 2.11 bits per heavy atom. The largest absolute Gasteiger partial charge is 0.441 e. The van der Waals surface area contributed by atoms with E-state index in [1.54, 1.807) is 11.8 Å². The number of aromatic nitrogens is 1. The molecule has 0 saturated heterocycles. The predicted octanol–water partition coefficient (Wildman–Crippen LogP) is 5.13. The second-order valence-electron chi connectivity index (χ2n) is 7.83. The number of hydrogen-bond donors (Lipinski definition) is 1. The van der Waals surface area contributed by atoms with E-state index in [0.29, 0.717) is 35.3 Å². The van der Waals surface area contributed by atoms with E-state index in [-0.39, 0.29) is 5.91 Å². The van der Waals surface area contributed by atoms with Crippen molar-refractivity contribution in [2.75, 3.05) is 5.75 Å². The predicted molar refractivity (Wildman–Crippen MR) is 112 cm³/mol. The second-order valence-corrected chi connectivity index (χ2v) is 8.81. The number of hydrogen-bond acceptors (Lipinski definition) is 4. The normalized spacial score (nSPS) is 22.6. The van der Waals surface area contributed by atoms with E-state index in [2.05, 4.69) is 43.2 Å². The maximum Gasteiger partial charge on any atom is 0.230 e. The van der Waals surface area contributed by atoms with Crippen LogP contribution >= 0.6 is 11.8 Å². The summed E-state index contributed by atoms with van der Waals surface area (Å²) in [5.74, 6) is 4.01. The molecule has 5 heteroatoms. The first-order valence-electron chi connectivity index (χ1n) is 9.84. The number of nitrogens with one attached hydrogen (secondary N) is 1. The van der Waals surface area contributed by atoms with E-state index in [0.717, 1.165) is 23.4 Å². The molecule has 1 N–H and O–H groups in total. The molecule has 3 rings (SSSR count). The molecule has 1 aliphatic rings. The van der Waals surface area contributed by atoms with Gasteiger partial charge in [0.25, 0.3) is 0 Å². The van der Waals surface area contributed by atoms with E-state index in [1.807, 2.05) is 19.1 Å². The molecule has 3 atom stereocenters. The van der Waals surface area contributed by atoms with Crippen LogP contribution < -0.4 is 5.32 Å². The molecule has 1 aliphatic carbocycles. The van der Waals surface area contributed by atoms with Gasteiger partial charge in [-0.2, -0.15) is 0 Å². The Morgan fingerprint density at radius 3 is 2.89 bits per heavy atom. The van der Waals surface area contributed by atoms with E-state index in [1.165, 1.54) is 18.4 Å². The second kappa shape index (κ2) is 8.96. The number of benzene rings is 1. The first-order chi connectivity index (χ1) is 12.9. The fraction of sp³-hybridized carbons (Fsp3) is 0.545. The zero-order valence-electron chi connectivity index (χ0n) is 16.7. The third-order valence-corrected chi connectivity index (χ3v) is 6.63. The Morgan fingerprint density at radius 1 is 1.30 bits per heavy atom. The van der Waals surface area contributed by atoms with E-state index in [4.69, 9.17) is 4.42 Å². The van der Waals surface area contributed by atoms with E-state index >= 15 is 0 Å². The molecule has 0 aliphatic heterocycles. The average Bonchev–Trinajstić information content (AvgIpc) is 3.00. The van der Waals surface area contributed by atoms with Crippen molar-refractivity contribution in [3.05, 3.63) is 41.3 Å². The van der Waals surface area contributed by atoms with Gasteiger partial charge in [0.05, 0.1) is 11.4 Å². The molecule has 146 valence electrons. The molecule has 1 fully saturated rings. The number of aryl methyl sites for hydroxylation is 2. The number of carbonyl (C=O) groups is 1. The van der Waals surface area contributed by atoms with Crippen molar-refractivity contribution in [3.8, 4) is 11.5 Å². The molecule has 1 heterocycles. The number of thioether (sulfide) groups is 1. The topological polar surface area (TPSA) is 55.1 Å². The van der Waals surface area contributed by atoms with Gasteiger partial charge in [-0.1, -0.05) is 44.4 Å². The van der Waals surface area contributed by atoms with Crippen LogP contribution in [-0.2, 0) is 10.5 Å². The lowest BCUT2D eigenvalue weighted by atomic mass is 9.78. The van der Waals surface area contributed by atoms with Gasteiger partial charge in [0.2, 0.25) is 11.8 Å². The van der Waals surface area contributed by atoms with Crippen molar-refractivity contribution in [1.29, 1.82) is 0 Å². The average molecular weight is 387 g/mol. The van der Waals surface area contributed by atoms with Gasteiger partial charge in [-0.05, 0) is 44.2 Å². The Kier molecular flexibility index (Phi) is 6.64. The van der Waals surface area contributed by atoms with Gasteiger partial charge in [-0.3, -0.25) is 4.79 Å². The third-order valence-electron chi connectivity index (χ3n) is 5.68. The Bertz CT molecular complexity index is 786. The number of rotatable bonds is 6. The lowest BCUT2D eigenvalue weighted by Gasteiger charge is -2.34. The maximum absolute atomic E-state index is 12.3. The fourth-order valence-corrected chi connectivity index (χ4v) is 4.57. The van der Waals surface area contributed by atoms with E-state index in [9.17, 15) is 4.79 Å². The highest BCUT2D eigenvalue weighted by Crippen LogP contribution is 2.29. The van der Waals surface area contributed by atoms with Crippen molar-refractivity contribution in [2.45, 2.75) is 58.8 Å². The van der Waals surface area contributed by atoms with Gasteiger partial charge in [-0.25, -0.2) is 4.98 Å². The Hall–Kier alpha value is -1.75. The smallest absolute Gasteiger partial charge is 0.230 e. The van der Waals surface area contributed by atoms with Gasteiger partial charge >= 0.3 is 0 Å². The summed E-state index contributed by atoms with van der Waals surface area (Å²) in [4.78, 5) is 17.0. The van der Waals surface area contributed by atoms with Crippen LogP contribution in [0, 0.1) is 25.7 Å². The molecule has 1 saturated carbocycles. The molecule has 0 bridgehead atoms.